The molecule has 0 heterocycles. The maximum Gasteiger partial charge on any atom is 0.0667 e. The molecule has 1 aliphatic rings. The van der Waals surface area contributed by atoms with Gasteiger partial charge in [-0.25, -0.2) is 0 Å². The van der Waals surface area contributed by atoms with Gasteiger partial charge in [-0.1, -0.05) is 13.3 Å². The summed E-state index contributed by atoms with van der Waals surface area (Å²) in [6.45, 7) is 5.43. The van der Waals surface area contributed by atoms with Crippen molar-refractivity contribution in [2.45, 2.75) is 45.3 Å². The van der Waals surface area contributed by atoms with Crippen LogP contribution in [0.4, 0.5) is 0 Å². The monoisotopic (exact) mass is 171 g/mol. The largest absolute Gasteiger partial charge is 0.380 e. The fraction of sp³-hybridized carbons (Fsp3) is 1.00. The van der Waals surface area contributed by atoms with Crippen molar-refractivity contribution < 1.29 is 4.74 Å². The first-order chi connectivity index (χ1) is 5.74. The van der Waals surface area contributed by atoms with Gasteiger partial charge in [-0.2, -0.15) is 0 Å². The summed E-state index contributed by atoms with van der Waals surface area (Å²) in [7, 11) is 1.77. The van der Waals surface area contributed by atoms with E-state index in [-0.39, 0.29) is 0 Å². The Morgan fingerprint density at radius 1 is 1.50 bits per heavy atom. The molecule has 1 rings (SSSR count). The third-order valence-corrected chi connectivity index (χ3v) is 2.93. The minimum atomic E-state index is 0.345. The third kappa shape index (κ3) is 2.76. The lowest BCUT2D eigenvalue weighted by molar-refractivity contribution is 0.113. The molecule has 0 aliphatic heterocycles. The second-order valence-corrected chi connectivity index (χ2v) is 3.97. The Kier molecular flexibility index (Phi) is 4.02. The maximum atomic E-state index is 5.18. The Morgan fingerprint density at radius 2 is 2.25 bits per heavy atom. The summed E-state index contributed by atoms with van der Waals surface area (Å²) in [6, 6.07) is 0.739. The molecule has 12 heavy (non-hydrogen) atoms. The zero-order chi connectivity index (χ0) is 8.97. The topological polar surface area (TPSA) is 21.3 Å². The quantitative estimate of drug-likeness (QED) is 0.696. The van der Waals surface area contributed by atoms with Gasteiger partial charge in [0.05, 0.1) is 6.10 Å². The molecule has 0 radical (unpaired) electrons. The molecule has 2 nitrogen and oxygen atoms in total. The first-order valence-corrected chi connectivity index (χ1v) is 5.00. The second kappa shape index (κ2) is 4.83. The predicted molar refractivity (Wildman–Crippen MR) is 51.3 cm³/mol. The normalized spacial score (nSPS) is 32.2. The van der Waals surface area contributed by atoms with Crippen LogP contribution < -0.4 is 5.32 Å². The predicted octanol–water partition coefficient (Wildman–Crippen LogP) is 1.80. The van der Waals surface area contributed by atoms with E-state index in [2.05, 4.69) is 19.2 Å². The lowest BCUT2D eigenvalue weighted by Gasteiger charge is -2.19. The van der Waals surface area contributed by atoms with E-state index in [9.17, 15) is 0 Å². The van der Waals surface area contributed by atoms with E-state index in [1.165, 1.54) is 19.3 Å². The van der Waals surface area contributed by atoms with E-state index in [0.717, 1.165) is 18.5 Å². The third-order valence-electron chi connectivity index (χ3n) is 2.93. The molecule has 2 heteroatoms. The van der Waals surface area contributed by atoms with Crippen molar-refractivity contribution in [1.29, 1.82) is 0 Å². The lowest BCUT2D eigenvalue weighted by atomic mass is 10.1. The number of ether oxygens (including phenoxy) is 1. The van der Waals surface area contributed by atoms with Crippen LogP contribution in [0.3, 0.4) is 0 Å². The molecule has 3 unspecified atom stereocenters. The summed E-state index contributed by atoms with van der Waals surface area (Å²) in [5, 5.41) is 3.56. The molecule has 0 aromatic rings. The van der Waals surface area contributed by atoms with Gasteiger partial charge in [-0.3, -0.25) is 0 Å². The van der Waals surface area contributed by atoms with E-state index in [1.54, 1.807) is 7.11 Å². The molecule has 0 spiro atoms. The van der Waals surface area contributed by atoms with Crippen LogP contribution in [0.2, 0.25) is 0 Å². The van der Waals surface area contributed by atoms with Gasteiger partial charge in [0, 0.05) is 19.7 Å². The van der Waals surface area contributed by atoms with Crippen LogP contribution in [-0.4, -0.2) is 25.8 Å². The van der Waals surface area contributed by atoms with Crippen molar-refractivity contribution in [2.75, 3.05) is 13.7 Å². The summed E-state index contributed by atoms with van der Waals surface area (Å²) >= 11 is 0. The van der Waals surface area contributed by atoms with Crippen LogP contribution in [0.15, 0.2) is 0 Å². The average molecular weight is 171 g/mol. The van der Waals surface area contributed by atoms with E-state index in [1.807, 2.05) is 0 Å². The van der Waals surface area contributed by atoms with E-state index >= 15 is 0 Å². The highest BCUT2D eigenvalue weighted by molar-refractivity contribution is 4.80. The smallest absolute Gasteiger partial charge is 0.0667 e. The van der Waals surface area contributed by atoms with Crippen molar-refractivity contribution in [3.63, 3.8) is 0 Å². The standard InChI is InChI=1S/C10H21NO/c1-8-5-4-6-10(8)11-7-9(2)12-3/h8-11H,4-7H2,1-3H3. The van der Waals surface area contributed by atoms with Crippen LogP contribution in [-0.2, 0) is 4.74 Å². The number of nitrogens with one attached hydrogen (secondary N) is 1. The summed E-state index contributed by atoms with van der Waals surface area (Å²) in [5.41, 5.74) is 0. The van der Waals surface area contributed by atoms with E-state index < -0.39 is 0 Å². The van der Waals surface area contributed by atoms with Gasteiger partial charge in [-0.15, -0.1) is 0 Å². The Morgan fingerprint density at radius 3 is 2.75 bits per heavy atom. The van der Waals surface area contributed by atoms with Gasteiger partial charge in [0.25, 0.3) is 0 Å². The van der Waals surface area contributed by atoms with Gasteiger partial charge < -0.3 is 10.1 Å². The van der Waals surface area contributed by atoms with Gasteiger partial charge >= 0.3 is 0 Å². The zero-order valence-corrected chi connectivity index (χ0v) is 8.47. The summed E-state index contributed by atoms with van der Waals surface area (Å²) in [6.07, 6.45) is 4.47. The molecule has 72 valence electrons. The van der Waals surface area contributed by atoms with E-state index in [4.69, 9.17) is 4.74 Å². The van der Waals surface area contributed by atoms with Crippen LogP contribution in [0.5, 0.6) is 0 Å². The summed E-state index contributed by atoms with van der Waals surface area (Å²) < 4.78 is 5.18. The number of methoxy groups -OCH3 is 1. The van der Waals surface area contributed by atoms with Gasteiger partial charge in [0.2, 0.25) is 0 Å². The highest BCUT2D eigenvalue weighted by Gasteiger charge is 2.22. The van der Waals surface area contributed by atoms with Gasteiger partial charge in [0.1, 0.15) is 0 Å². The molecular formula is C10H21NO. The van der Waals surface area contributed by atoms with Gasteiger partial charge in [0.15, 0.2) is 0 Å². The fourth-order valence-corrected chi connectivity index (χ4v) is 1.85. The maximum absolute atomic E-state index is 5.18. The Labute approximate surface area is 75.7 Å². The van der Waals surface area contributed by atoms with Gasteiger partial charge in [-0.05, 0) is 25.7 Å². The summed E-state index contributed by atoms with van der Waals surface area (Å²) in [5.74, 6) is 0.856. The summed E-state index contributed by atoms with van der Waals surface area (Å²) in [4.78, 5) is 0. The van der Waals surface area contributed by atoms with Crippen molar-refractivity contribution in [1.82, 2.24) is 5.32 Å². The van der Waals surface area contributed by atoms with Crippen LogP contribution in [0.1, 0.15) is 33.1 Å². The highest BCUT2D eigenvalue weighted by Crippen LogP contribution is 2.24. The number of rotatable bonds is 4. The Bertz CT molecular complexity index is 127. The Balaban J connectivity index is 2.13. The first-order valence-electron chi connectivity index (χ1n) is 5.00. The first kappa shape index (κ1) is 10.0. The van der Waals surface area contributed by atoms with Crippen LogP contribution in [0, 0.1) is 5.92 Å². The average Bonchev–Trinajstić information content (AvgIpc) is 2.47. The number of hydrogen-bond acceptors (Lipinski definition) is 2. The minimum Gasteiger partial charge on any atom is -0.380 e. The molecule has 0 aromatic carbocycles. The molecule has 0 bridgehead atoms. The lowest BCUT2D eigenvalue weighted by Crippen LogP contribution is -2.36. The second-order valence-electron chi connectivity index (χ2n) is 3.97. The highest BCUT2D eigenvalue weighted by atomic mass is 16.5. The van der Waals surface area contributed by atoms with E-state index in [0.29, 0.717) is 6.10 Å². The molecule has 1 saturated carbocycles. The molecular weight excluding hydrogens is 150 g/mol. The molecule has 1 aliphatic carbocycles. The molecule has 0 amide bonds. The molecule has 1 N–H and O–H groups in total. The van der Waals surface area contributed by atoms with Crippen molar-refractivity contribution in [2.24, 2.45) is 5.92 Å². The zero-order valence-electron chi connectivity index (χ0n) is 8.47. The molecule has 1 fully saturated rings. The fourth-order valence-electron chi connectivity index (χ4n) is 1.85. The van der Waals surface area contributed by atoms with Crippen LogP contribution >= 0.6 is 0 Å². The molecule has 3 atom stereocenters. The van der Waals surface area contributed by atoms with Crippen molar-refractivity contribution >= 4 is 0 Å². The molecule has 0 aromatic heterocycles. The number of hydrogen-bond donors (Lipinski definition) is 1. The van der Waals surface area contributed by atoms with Crippen molar-refractivity contribution in [3.8, 4) is 0 Å². The van der Waals surface area contributed by atoms with Crippen molar-refractivity contribution in [3.05, 3.63) is 0 Å². The van der Waals surface area contributed by atoms with Crippen LogP contribution in [0.25, 0.3) is 0 Å². The minimum absolute atomic E-state index is 0.345. The molecule has 0 saturated heterocycles. The Hall–Kier alpha value is -0.0800. The SMILES string of the molecule is COC(C)CNC1CCCC1C.